The van der Waals surface area contributed by atoms with E-state index in [0.29, 0.717) is 0 Å². The summed E-state index contributed by atoms with van der Waals surface area (Å²) in [6, 6.07) is 12.4. The van der Waals surface area contributed by atoms with Crippen molar-refractivity contribution < 1.29 is 19.2 Å². The minimum absolute atomic E-state index is 0.0326. The van der Waals surface area contributed by atoms with Gasteiger partial charge in [0.1, 0.15) is 0 Å². The predicted molar refractivity (Wildman–Crippen MR) is 110 cm³/mol. The lowest BCUT2D eigenvalue weighted by atomic mass is 10.1. The molecule has 0 saturated heterocycles. The van der Waals surface area contributed by atoms with Crippen molar-refractivity contribution in [2.45, 2.75) is 12.8 Å². The lowest BCUT2D eigenvalue weighted by Gasteiger charge is -2.11. The molecule has 148 valence electrons. The number of esters is 1. The molecule has 0 heterocycles. The van der Waals surface area contributed by atoms with E-state index in [2.05, 4.69) is 22.2 Å². The Balaban J connectivity index is 1.95. The Bertz CT molecular complexity index is 861. The number of aryl methyl sites for hydroxylation is 1. The molecule has 2 rings (SSSR count). The van der Waals surface area contributed by atoms with Crippen LogP contribution in [0.15, 0.2) is 42.5 Å². The number of hydrogen-bond acceptors (Lipinski definition) is 6. The number of nitrogens with one attached hydrogen (secondary N) is 1. The fourth-order valence-electron chi connectivity index (χ4n) is 2.53. The molecular weight excluding hydrogens is 404 g/mol. The van der Waals surface area contributed by atoms with E-state index in [1.54, 1.807) is 0 Å². The number of rotatable bonds is 9. The maximum absolute atomic E-state index is 12.2. The minimum atomic E-state index is -0.922. The smallest absolute Gasteiger partial charge is 0.347 e. The molecule has 0 atom stereocenters. The second kappa shape index (κ2) is 10.7. The molecule has 2 aromatic carbocycles. The molecule has 0 aliphatic heterocycles. The quantitative estimate of drug-likeness (QED) is 0.279. The summed E-state index contributed by atoms with van der Waals surface area (Å²) in [4.78, 5) is 34.6. The number of hydrogen-bond donors (Lipinski definition) is 1. The fourth-order valence-corrected chi connectivity index (χ4v) is 3.49. The van der Waals surface area contributed by atoms with Crippen LogP contribution >= 0.6 is 23.4 Å². The monoisotopic (exact) mass is 422 g/mol. The maximum atomic E-state index is 12.2. The van der Waals surface area contributed by atoms with Gasteiger partial charge in [0.05, 0.1) is 23.5 Å². The van der Waals surface area contributed by atoms with Crippen molar-refractivity contribution in [3.63, 3.8) is 0 Å². The van der Waals surface area contributed by atoms with Gasteiger partial charge in [-0.15, -0.1) is 0 Å². The van der Waals surface area contributed by atoms with Gasteiger partial charge in [0.15, 0.2) is 5.56 Å². The average Bonchev–Trinajstić information content (AvgIpc) is 2.67. The van der Waals surface area contributed by atoms with E-state index in [1.807, 2.05) is 18.2 Å². The number of anilines is 1. The van der Waals surface area contributed by atoms with Crippen LogP contribution in [0.3, 0.4) is 0 Å². The number of amides is 1. The molecule has 0 aliphatic carbocycles. The van der Waals surface area contributed by atoms with E-state index in [0.717, 1.165) is 31.8 Å². The molecule has 0 fully saturated rings. The zero-order chi connectivity index (χ0) is 20.5. The van der Waals surface area contributed by atoms with E-state index in [4.69, 9.17) is 11.6 Å². The molecule has 0 bridgehead atoms. The Morgan fingerprint density at radius 2 is 1.96 bits per heavy atom. The van der Waals surface area contributed by atoms with Gasteiger partial charge in [0.2, 0.25) is 5.91 Å². The summed E-state index contributed by atoms with van der Waals surface area (Å²) >= 11 is 7.33. The van der Waals surface area contributed by atoms with Gasteiger partial charge in [0, 0.05) is 11.1 Å². The third kappa shape index (κ3) is 6.24. The number of ether oxygens (including phenoxy) is 1. The van der Waals surface area contributed by atoms with Crippen molar-refractivity contribution in [3.8, 4) is 0 Å². The molecule has 0 saturated carbocycles. The van der Waals surface area contributed by atoms with Gasteiger partial charge in [-0.25, -0.2) is 4.79 Å². The Hall–Kier alpha value is -2.58. The topological polar surface area (TPSA) is 98.5 Å². The lowest BCUT2D eigenvalue weighted by Crippen LogP contribution is -2.18. The Morgan fingerprint density at radius 1 is 1.25 bits per heavy atom. The Kier molecular flexibility index (Phi) is 8.28. The molecule has 28 heavy (non-hydrogen) atoms. The summed E-state index contributed by atoms with van der Waals surface area (Å²) in [5, 5.41) is 13.8. The molecular formula is C19H19ClN2O5S. The third-order valence-corrected chi connectivity index (χ3v) is 5.03. The number of thioether (sulfide) groups is 1. The van der Waals surface area contributed by atoms with Crippen LogP contribution in [0.25, 0.3) is 0 Å². The molecule has 0 aliphatic rings. The first-order chi connectivity index (χ1) is 13.4. The molecule has 0 radical (unpaired) electrons. The van der Waals surface area contributed by atoms with Gasteiger partial charge < -0.3 is 10.1 Å². The van der Waals surface area contributed by atoms with Gasteiger partial charge in [-0.05, 0) is 30.2 Å². The van der Waals surface area contributed by atoms with E-state index >= 15 is 0 Å². The van der Waals surface area contributed by atoms with Crippen LogP contribution in [-0.2, 0) is 16.0 Å². The number of nitro groups is 1. The van der Waals surface area contributed by atoms with E-state index in [1.165, 1.54) is 23.4 Å². The van der Waals surface area contributed by atoms with Crippen LogP contribution in [0.4, 0.5) is 11.4 Å². The van der Waals surface area contributed by atoms with Crippen molar-refractivity contribution in [1.29, 1.82) is 0 Å². The number of benzene rings is 2. The zero-order valence-electron chi connectivity index (χ0n) is 15.1. The fraction of sp³-hybridized carbons (Fsp3) is 0.263. The van der Waals surface area contributed by atoms with Gasteiger partial charge in [-0.1, -0.05) is 41.9 Å². The summed E-state index contributed by atoms with van der Waals surface area (Å²) in [6.45, 7) is 0. The van der Waals surface area contributed by atoms with Crippen molar-refractivity contribution in [2.75, 3.05) is 23.9 Å². The van der Waals surface area contributed by atoms with Crippen LogP contribution in [-0.4, -0.2) is 35.4 Å². The second-order valence-electron chi connectivity index (χ2n) is 5.79. The maximum Gasteiger partial charge on any atom is 0.347 e. The van der Waals surface area contributed by atoms with Crippen LogP contribution in [0.2, 0.25) is 5.02 Å². The number of nitro benzene ring substituents is 1. The number of carbonyl (C=O) groups excluding carboxylic acids is 2. The summed E-state index contributed by atoms with van der Waals surface area (Å²) < 4.78 is 4.60. The molecule has 0 unspecified atom stereocenters. The van der Waals surface area contributed by atoms with Crippen molar-refractivity contribution in [1.82, 2.24) is 0 Å². The van der Waals surface area contributed by atoms with E-state index in [-0.39, 0.29) is 27.9 Å². The molecule has 0 aromatic heterocycles. The average molecular weight is 423 g/mol. The highest BCUT2D eigenvalue weighted by atomic mass is 35.5. The van der Waals surface area contributed by atoms with Crippen LogP contribution in [0.5, 0.6) is 0 Å². The molecule has 2 aromatic rings. The number of nitrogens with zero attached hydrogens (tertiary/aromatic N) is 1. The third-order valence-electron chi connectivity index (χ3n) is 3.77. The van der Waals surface area contributed by atoms with Gasteiger partial charge >= 0.3 is 5.97 Å². The van der Waals surface area contributed by atoms with Crippen LogP contribution in [0, 0.1) is 10.1 Å². The molecule has 0 spiro atoms. The summed E-state index contributed by atoms with van der Waals surface area (Å²) in [5.74, 6) is -0.377. The number of carbonyl (C=O) groups is 2. The minimum Gasteiger partial charge on any atom is -0.465 e. The predicted octanol–water partition coefficient (Wildman–Crippen LogP) is 4.34. The first kappa shape index (κ1) is 21.7. The molecule has 7 nitrogen and oxygen atoms in total. The number of halogens is 1. The highest BCUT2D eigenvalue weighted by molar-refractivity contribution is 7.99. The molecule has 1 amide bonds. The highest BCUT2D eigenvalue weighted by Crippen LogP contribution is 2.31. The van der Waals surface area contributed by atoms with Crippen molar-refractivity contribution in [2.24, 2.45) is 0 Å². The first-order valence-electron chi connectivity index (χ1n) is 8.40. The molecule has 1 N–H and O–H groups in total. The lowest BCUT2D eigenvalue weighted by molar-refractivity contribution is -0.385. The Labute approximate surface area is 171 Å². The van der Waals surface area contributed by atoms with Crippen LogP contribution in [0.1, 0.15) is 22.3 Å². The van der Waals surface area contributed by atoms with E-state index < -0.39 is 16.6 Å². The summed E-state index contributed by atoms with van der Waals surface area (Å²) in [5.41, 5.74) is 0.340. The largest absolute Gasteiger partial charge is 0.465 e. The zero-order valence-corrected chi connectivity index (χ0v) is 16.7. The standard InChI is InChI=1S/C19H19ClN2O5S/c1-27-19(24)18-15(10-14(20)11-16(18)22(25)26)21-17(23)12-28-9-5-8-13-6-3-2-4-7-13/h2-4,6-7,10-11H,5,8-9,12H2,1H3,(H,21,23). The molecule has 9 heteroatoms. The Morgan fingerprint density at radius 3 is 2.61 bits per heavy atom. The van der Waals surface area contributed by atoms with Gasteiger partial charge in [-0.2, -0.15) is 11.8 Å². The van der Waals surface area contributed by atoms with Crippen molar-refractivity contribution >= 4 is 46.6 Å². The summed E-state index contributed by atoms with van der Waals surface area (Å²) in [7, 11) is 1.11. The second-order valence-corrected chi connectivity index (χ2v) is 7.33. The highest BCUT2D eigenvalue weighted by Gasteiger charge is 2.27. The number of methoxy groups -OCH3 is 1. The van der Waals surface area contributed by atoms with Crippen LogP contribution < -0.4 is 5.32 Å². The van der Waals surface area contributed by atoms with E-state index in [9.17, 15) is 19.7 Å². The summed E-state index contributed by atoms with van der Waals surface area (Å²) in [6.07, 6.45) is 1.83. The van der Waals surface area contributed by atoms with Gasteiger partial charge in [0.25, 0.3) is 5.69 Å². The first-order valence-corrected chi connectivity index (χ1v) is 9.93. The normalized spacial score (nSPS) is 10.4. The van der Waals surface area contributed by atoms with Gasteiger partial charge in [-0.3, -0.25) is 14.9 Å². The SMILES string of the molecule is COC(=O)c1c(NC(=O)CSCCCc2ccccc2)cc(Cl)cc1[N+](=O)[O-]. The van der Waals surface area contributed by atoms with Crippen molar-refractivity contribution in [3.05, 3.63) is 68.7 Å².